The van der Waals surface area contributed by atoms with Crippen LogP contribution in [-0.4, -0.2) is 22.3 Å². The molecular weight excluding hydrogens is 120 g/mol. The summed E-state index contributed by atoms with van der Waals surface area (Å²) in [5.41, 5.74) is 0. The first kappa shape index (κ1) is 6.43. The van der Waals surface area contributed by atoms with E-state index in [9.17, 15) is 4.55 Å². The Kier molecular flexibility index (Phi) is 1.54. The lowest BCUT2D eigenvalue weighted by Gasteiger charge is -2.21. The summed E-state index contributed by atoms with van der Waals surface area (Å²) in [6.45, 7) is 2.22. The maximum Gasteiger partial charge on any atom is 0.00111 e. The molecule has 1 aliphatic heterocycles. The second kappa shape index (κ2) is 1.92. The van der Waals surface area contributed by atoms with Crippen molar-refractivity contribution in [3.8, 4) is 0 Å². The Morgan fingerprint density at radius 3 is 2.38 bits per heavy atom. The van der Waals surface area contributed by atoms with E-state index >= 15 is 0 Å². The zero-order chi connectivity index (χ0) is 6.20. The molecule has 1 saturated heterocycles. The van der Waals surface area contributed by atoms with Crippen molar-refractivity contribution < 1.29 is 4.55 Å². The van der Waals surface area contributed by atoms with Crippen LogP contribution in [0.3, 0.4) is 0 Å². The molecule has 1 rings (SSSR count). The lowest BCUT2D eigenvalue weighted by atomic mass is 10.2. The van der Waals surface area contributed by atoms with Crippen molar-refractivity contribution in [2.24, 2.45) is 5.92 Å². The summed E-state index contributed by atoms with van der Waals surface area (Å²) in [5.74, 6) is 2.93. The fraction of sp³-hybridized carbons (Fsp3) is 1.00. The molecule has 0 bridgehead atoms. The molecule has 0 saturated carbocycles. The second-order valence-electron chi connectivity index (χ2n) is 2.99. The van der Waals surface area contributed by atoms with E-state index in [1.54, 1.807) is 0 Å². The Labute approximate surface area is 52.6 Å². The standard InChI is InChI=1S/C6H14OS/c1-6-3-4-8(2,7)5-6/h6-7H,3-5H2,1-2H3. The molecule has 1 fully saturated rings. The third kappa shape index (κ3) is 1.39. The van der Waals surface area contributed by atoms with E-state index in [-0.39, 0.29) is 0 Å². The summed E-state index contributed by atoms with van der Waals surface area (Å²) in [7, 11) is -1.10. The highest BCUT2D eigenvalue weighted by molar-refractivity contribution is 8.28. The van der Waals surface area contributed by atoms with Crippen LogP contribution in [0.2, 0.25) is 0 Å². The second-order valence-corrected chi connectivity index (χ2v) is 6.17. The molecule has 1 N–H and O–H groups in total. The van der Waals surface area contributed by atoms with Crippen LogP contribution in [0.15, 0.2) is 0 Å². The Morgan fingerprint density at radius 1 is 1.62 bits per heavy atom. The smallest absolute Gasteiger partial charge is 0.00111 e. The lowest BCUT2D eigenvalue weighted by Crippen LogP contribution is -1.98. The topological polar surface area (TPSA) is 20.2 Å². The molecule has 1 heterocycles. The molecule has 2 heteroatoms. The summed E-state index contributed by atoms with van der Waals surface area (Å²) >= 11 is 0. The van der Waals surface area contributed by atoms with Gasteiger partial charge in [-0.25, -0.2) is 0 Å². The average molecular weight is 134 g/mol. The van der Waals surface area contributed by atoms with Gasteiger partial charge in [-0.3, -0.25) is 0 Å². The van der Waals surface area contributed by atoms with Gasteiger partial charge in [0.25, 0.3) is 0 Å². The predicted octanol–water partition coefficient (Wildman–Crippen LogP) is 1.93. The minimum absolute atomic E-state index is 0.778. The van der Waals surface area contributed by atoms with Crippen LogP contribution in [0, 0.1) is 5.92 Å². The zero-order valence-corrected chi connectivity index (χ0v) is 6.37. The van der Waals surface area contributed by atoms with Crippen LogP contribution in [0.25, 0.3) is 0 Å². The monoisotopic (exact) mass is 134 g/mol. The fourth-order valence-corrected chi connectivity index (χ4v) is 3.70. The molecule has 2 unspecified atom stereocenters. The molecule has 0 spiro atoms. The highest BCUT2D eigenvalue weighted by Gasteiger charge is 2.25. The summed E-state index contributed by atoms with van der Waals surface area (Å²) < 4.78 is 9.45. The number of hydrogen-bond acceptors (Lipinski definition) is 1. The van der Waals surface area contributed by atoms with Crippen molar-refractivity contribution in [3.63, 3.8) is 0 Å². The Bertz CT molecular complexity index is 90.5. The minimum atomic E-state index is -1.10. The van der Waals surface area contributed by atoms with Crippen molar-refractivity contribution in [1.82, 2.24) is 0 Å². The summed E-state index contributed by atoms with van der Waals surface area (Å²) in [5, 5.41) is 0. The molecule has 0 aromatic heterocycles. The molecule has 0 radical (unpaired) electrons. The van der Waals surface area contributed by atoms with Gasteiger partial charge < -0.3 is 4.55 Å². The molecule has 1 nitrogen and oxygen atoms in total. The van der Waals surface area contributed by atoms with E-state index in [4.69, 9.17) is 0 Å². The number of hydrogen-bond donors (Lipinski definition) is 1. The van der Waals surface area contributed by atoms with Crippen LogP contribution < -0.4 is 0 Å². The quantitative estimate of drug-likeness (QED) is 0.536. The first-order valence-corrected chi connectivity index (χ1v) is 5.40. The normalized spacial score (nSPS) is 55.6. The van der Waals surface area contributed by atoms with Gasteiger partial charge in [-0.15, -0.1) is 10.3 Å². The third-order valence-corrected chi connectivity index (χ3v) is 4.10. The molecule has 0 aromatic rings. The average Bonchev–Trinajstić information content (AvgIpc) is 1.82. The van der Waals surface area contributed by atoms with Crippen LogP contribution in [0.5, 0.6) is 0 Å². The van der Waals surface area contributed by atoms with Gasteiger partial charge in [0.2, 0.25) is 0 Å². The van der Waals surface area contributed by atoms with E-state index in [0.717, 1.165) is 17.4 Å². The number of rotatable bonds is 0. The van der Waals surface area contributed by atoms with E-state index in [2.05, 4.69) is 6.92 Å². The van der Waals surface area contributed by atoms with Crippen LogP contribution in [0.1, 0.15) is 13.3 Å². The van der Waals surface area contributed by atoms with Crippen LogP contribution in [-0.2, 0) is 0 Å². The van der Waals surface area contributed by atoms with Gasteiger partial charge in [0.15, 0.2) is 0 Å². The summed E-state index contributed by atoms with van der Waals surface area (Å²) in [6, 6.07) is 0. The van der Waals surface area contributed by atoms with Crippen molar-refractivity contribution in [2.75, 3.05) is 17.8 Å². The fourth-order valence-electron chi connectivity index (χ4n) is 1.23. The molecule has 8 heavy (non-hydrogen) atoms. The van der Waals surface area contributed by atoms with E-state index < -0.39 is 10.3 Å². The molecule has 1 aliphatic rings. The Balaban J connectivity index is 2.44. The van der Waals surface area contributed by atoms with Gasteiger partial charge in [0, 0.05) is 5.75 Å². The van der Waals surface area contributed by atoms with Crippen LogP contribution >= 0.6 is 10.3 Å². The minimum Gasteiger partial charge on any atom is -0.352 e. The van der Waals surface area contributed by atoms with E-state index in [1.807, 2.05) is 6.26 Å². The molecule has 50 valence electrons. The highest BCUT2D eigenvalue weighted by Crippen LogP contribution is 2.48. The first-order valence-electron chi connectivity index (χ1n) is 3.06. The van der Waals surface area contributed by atoms with Crippen molar-refractivity contribution in [1.29, 1.82) is 0 Å². The molecule has 0 aromatic carbocycles. The predicted molar refractivity (Wildman–Crippen MR) is 39.7 cm³/mol. The van der Waals surface area contributed by atoms with E-state index in [1.165, 1.54) is 6.42 Å². The summed E-state index contributed by atoms with van der Waals surface area (Å²) in [4.78, 5) is 0. The van der Waals surface area contributed by atoms with E-state index in [0.29, 0.717) is 0 Å². The van der Waals surface area contributed by atoms with Gasteiger partial charge in [-0.1, -0.05) is 6.92 Å². The van der Waals surface area contributed by atoms with Crippen molar-refractivity contribution in [2.45, 2.75) is 13.3 Å². The molecule has 0 amide bonds. The Morgan fingerprint density at radius 2 is 2.25 bits per heavy atom. The highest BCUT2D eigenvalue weighted by atomic mass is 32.3. The van der Waals surface area contributed by atoms with Crippen molar-refractivity contribution in [3.05, 3.63) is 0 Å². The van der Waals surface area contributed by atoms with Crippen LogP contribution in [0.4, 0.5) is 0 Å². The van der Waals surface area contributed by atoms with Crippen molar-refractivity contribution >= 4 is 10.3 Å². The van der Waals surface area contributed by atoms with Gasteiger partial charge in [-0.05, 0) is 24.3 Å². The molecular formula is C6H14OS. The maximum absolute atomic E-state index is 9.45. The molecule has 2 atom stereocenters. The van der Waals surface area contributed by atoms with Gasteiger partial charge in [0.1, 0.15) is 0 Å². The summed E-state index contributed by atoms with van der Waals surface area (Å²) in [6.07, 6.45) is 3.25. The first-order chi connectivity index (χ1) is 3.60. The molecule has 0 aliphatic carbocycles. The van der Waals surface area contributed by atoms with Gasteiger partial charge in [0.05, 0.1) is 0 Å². The lowest BCUT2D eigenvalue weighted by molar-refractivity contribution is 0.631. The van der Waals surface area contributed by atoms with Gasteiger partial charge in [-0.2, -0.15) is 0 Å². The Hall–Kier alpha value is 0.310. The SMILES string of the molecule is CC1CCS(C)(O)C1. The van der Waals surface area contributed by atoms with Gasteiger partial charge >= 0.3 is 0 Å². The largest absolute Gasteiger partial charge is 0.352 e. The maximum atomic E-state index is 9.45. The zero-order valence-electron chi connectivity index (χ0n) is 5.55. The third-order valence-electron chi connectivity index (χ3n) is 1.69.